The van der Waals surface area contributed by atoms with Crippen molar-refractivity contribution in [1.29, 1.82) is 0 Å². The molecule has 0 spiro atoms. The Morgan fingerprint density at radius 2 is 1.90 bits per heavy atom. The maximum atomic E-state index is 6.24. The summed E-state index contributed by atoms with van der Waals surface area (Å²) in [6.07, 6.45) is 0. The number of para-hydroxylation sites is 1. The number of rotatable bonds is 3. The molecular formula is C17H13Cl2NO. The van der Waals surface area contributed by atoms with Gasteiger partial charge in [-0.3, -0.25) is 0 Å². The molecule has 1 aromatic heterocycles. The molecule has 1 heterocycles. The van der Waals surface area contributed by atoms with Crippen LogP contribution in [0.5, 0.6) is 11.5 Å². The Labute approximate surface area is 133 Å². The molecular weight excluding hydrogens is 305 g/mol. The van der Waals surface area contributed by atoms with Gasteiger partial charge >= 0.3 is 0 Å². The summed E-state index contributed by atoms with van der Waals surface area (Å²) in [5.41, 5.74) is 2.73. The molecule has 0 fully saturated rings. The molecule has 0 saturated carbocycles. The third-order valence-corrected chi connectivity index (χ3v) is 3.80. The van der Waals surface area contributed by atoms with E-state index in [-0.39, 0.29) is 0 Å². The number of hydrogen-bond acceptors (Lipinski definition) is 2. The van der Waals surface area contributed by atoms with Crippen molar-refractivity contribution in [2.45, 2.75) is 12.8 Å². The number of benzene rings is 2. The lowest BCUT2D eigenvalue weighted by Crippen LogP contribution is -1.91. The lowest BCUT2D eigenvalue weighted by molar-refractivity contribution is 0.487. The van der Waals surface area contributed by atoms with Crippen molar-refractivity contribution in [3.63, 3.8) is 0 Å². The predicted octanol–water partition coefficient (Wildman–Crippen LogP) is 5.73. The Morgan fingerprint density at radius 3 is 2.67 bits per heavy atom. The third kappa shape index (κ3) is 2.97. The highest BCUT2D eigenvalue weighted by molar-refractivity contribution is 6.32. The zero-order valence-corrected chi connectivity index (χ0v) is 12.9. The number of ether oxygens (including phenoxy) is 1. The molecule has 106 valence electrons. The molecule has 0 N–H and O–H groups in total. The molecule has 0 amide bonds. The molecule has 0 unspecified atom stereocenters. The van der Waals surface area contributed by atoms with Gasteiger partial charge in [0, 0.05) is 17.0 Å². The van der Waals surface area contributed by atoms with Crippen LogP contribution in [0.4, 0.5) is 0 Å². The minimum atomic E-state index is 0.426. The van der Waals surface area contributed by atoms with E-state index in [0.29, 0.717) is 22.4 Å². The van der Waals surface area contributed by atoms with Crippen molar-refractivity contribution in [1.82, 2.24) is 4.98 Å². The van der Waals surface area contributed by atoms with E-state index in [1.807, 2.05) is 55.5 Å². The van der Waals surface area contributed by atoms with Gasteiger partial charge in [-0.1, -0.05) is 35.9 Å². The summed E-state index contributed by atoms with van der Waals surface area (Å²) in [6.45, 7) is 1.96. The molecule has 0 radical (unpaired) electrons. The Hall–Kier alpha value is -1.77. The number of pyridine rings is 1. The van der Waals surface area contributed by atoms with Gasteiger partial charge in [0.1, 0.15) is 11.3 Å². The zero-order valence-electron chi connectivity index (χ0n) is 11.4. The Morgan fingerprint density at radius 1 is 1.05 bits per heavy atom. The molecule has 0 aliphatic carbocycles. The van der Waals surface area contributed by atoms with Crippen LogP contribution < -0.4 is 4.74 Å². The smallest absolute Gasteiger partial charge is 0.153 e. The number of halogens is 2. The molecule has 0 aliphatic heterocycles. The standard InChI is InChI=1S/C17H13Cl2NO/c1-11-5-7-13-3-2-4-16(17(13)20-11)21-15-8-6-12(10-18)9-14(15)19/h2-9H,10H2,1H3. The van der Waals surface area contributed by atoms with E-state index in [0.717, 1.165) is 22.2 Å². The van der Waals surface area contributed by atoms with Crippen LogP contribution in [0.1, 0.15) is 11.3 Å². The Bertz CT molecular complexity index is 802. The van der Waals surface area contributed by atoms with Crippen LogP contribution in [0.25, 0.3) is 10.9 Å². The topological polar surface area (TPSA) is 22.1 Å². The van der Waals surface area contributed by atoms with Gasteiger partial charge in [0.05, 0.1) is 5.02 Å². The van der Waals surface area contributed by atoms with Crippen molar-refractivity contribution in [3.8, 4) is 11.5 Å². The second-order valence-electron chi connectivity index (χ2n) is 4.78. The molecule has 3 rings (SSSR count). The second kappa shape index (κ2) is 5.92. The van der Waals surface area contributed by atoms with Crippen LogP contribution >= 0.6 is 23.2 Å². The van der Waals surface area contributed by atoms with Crippen molar-refractivity contribution >= 4 is 34.1 Å². The van der Waals surface area contributed by atoms with Crippen LogP contribution in [0.15, 0.2) is 48.5 Å². The van der Waals surface area contributed by atoms with E-state index in [4.69, 9.17) is 27.9 Å². The maximum absolute atomic E-state index is 6.24. The quantitative estimate of drug-likeness (QED) is 0.576. The van der Waals surface area contributed by atoms with Gasteiger partial charge in [-0.15, -0.1) is 11.6 Å². The molecule has 4 heteroatoms. The Kier molecular flexibility index (Phi) is 4.00. The van der Waals surface area contributed by atoms with E-state index in [9.17, 15) is 0 Å². The predicted molar refractivity (Wildman–Crippen MR) is 87.6 cm³/mol. The highest BCUT2D eigenvalue weighted by Gasteiger charge is 2.08. The first-order chi connectivity index (χ1) is 10.2. The first-order valence-electron chi connectivity index (χ1n) is 6.56. The van der Waals surface area contributed by atoms with Gasteiger partial charge in [-0.05, 0) is 36.8 Å². The van der Waals surface area contributed by atoms with Crippen LogP contribution in [-0.4, -0.2) is 4.98 Å². The van der Waals surface area contributed by atoms with Crippen LogP contribution in [0.2, 0.25) is 5.02 Å². The average molecular weight is 318 g/mol. The van der Waals surface area contributed by atoms with Gasteiger partial charge < -0.3 is 4.74 Å². The molecule has 2 aromatic carbocycles. The summed E-state index contributed by atoms with van der Waals surface area (Å²) in [5.74, 6) is 1.72. The monoisotopic (exact) mass is 317 g/mol. The van der Waals surface area contributed by atoms with Crippen molar-refractivity contribution in [2.75, 3.05) is 0 Å². The number of nitrogens with zero attached hydrogens (tertiary/aromatic N) is 1. The molecule has 0 atom stereocenters. The van der Waals surface area contributed by atoms with E-state index in [2.05, 4.69) is 4.98 Å². The van der Waals surface area contributed by atoms with Gasteiger partial charge in [-0.2, -0.15) is 0 Å². The summed E-state index contributed by atoms with van der Waals surface area (Å²) in [4.78, 5) is 4.55. The summed E-state index contributed by atoms with van der Waals surface area (Å²) >= 11 is 12.0. The van der Waals surface area contributed by atoms with Crippen LogP contribution in [-0.2, 0) is 5.88 Å². The fraction of sp³-hybridized carbons (Fsp3) is 0.118. The zero-order chi connectivity index (χ0) is 14.8. The Balaban J connectivity index is 2.04. The lowest BCUT2D eigenvalue weighted by atomic mass is 10.2. The number of aromatic nitrogens is 1. The highest BCUT2D eigenvalue weighted by atomic mass is 35.5. The normalized spacial score (nSPS) is 10.8. The lowest BCUT2D eigenvalue weighted by Gasteiger charge is -2.11. The molecule has 0 saturated heterocycles. The van der Waals surface area contributed by atoms with Crippen molar-refractivity contribution in [2.24, 2.45) is 0 Å². The van der Waals surface area contributed by atoms with E-state index >= 15 is 0 Å². The van der Waals surface area contributed by atoms with Gasteiger partial charge in [0.25, 0.3) is 0 Å². The number of hydrogen-bond donors (Lipinski definition) is 0. The number of aryl methyl sites for hydroxylation is 1. The van der Waals surface area contributed by atoms with Crippen molar-refractivity contribution < 1.29 is 4.74 Å². The first kappa shape index (κ1) is 14.2. The molecule has 2 nitrogen and oxygen atoms in total. The minimum Gasteiger partial charge on any atom is -0.454 e. The maximum Gasteiger partial charge on any atom is 0.153 e. The molecule has 0 bridgehead atoms. The SMILES string of the molecule is Cc1ccc2cccc(Oc3ccc(CCl)cc3Cl)c2n1. The highest BCUT2D eigenvalue weighted by Crippen LogP contribution is 2.33. The summed E-state index contributed by atoms with van der Waals surface area (Å²) in [6, 6.07) is 15.4. The fourth-order valence-electron chi connectivity index (χ4n) is 2.13. The van der Waals surface area contributed by atoms with Crippen LogP contribution in [0.3, 0.4) is 0 Å². The first-order valence-corrected chi connectivity index (χ1v) is 7.47. The van der Waals surface area contributed by atoms with Crippen LogP contribution in [0, 0.1) is 6.92 Å². The van der Waals surface area contributed by atoms with E-state index < -0.39 is 0 Å². The number of fused-ring (bicyclic) bond motifs is 1. The second-order valence-corrected chi connectivity index (χ2v) is 5.46. The molecule has 21 heavy (non-hydrogen) atoms. The van der Waals surface area contributed by atoms with Gasteiger partial charge in [-0.25, -0.2) is 4.98 Å². The molecule has 0 aliphatic rings. The van der Waals surface area contributed by atoms with Gasteiger partial charge in [0.15, 0.2) is 5.75 Å². The van der Waals surface area contributed by atoms with E-state index in [1.54, 1.807) is 0 Å². The fourth-order valence-corrected chi connectivity index (χ4v) is 2.54. The number of alkyl halides is 1. The average Bonchev–Trinajstić information content (AvgIpc) is 2.49. The van der Waals surface area contributed by atoms with Gasteiger partial charge in [0.2, 0.25) is 0 Å². The third-order valence-electron chi connectivity index (χ3n) is 3.19. The van der Waals surface area contributed by atoms with Crippen molar-refractivity contribution in [3.05, 3.63) is 64.8 Å². The molecule has 3 aromatic rings. The largest absolute Gasteiger partial charge is 0.454 e. The van der Waals surface area contributed by atoms with E-state index in [1.165, 1.54) is 0 Å². The summed E-state index contributed by atoms with van der Waals surface area (Å²) in [5, 5.41) is 1.57. The summed E-state index contributed by atoms with van der Waals surface area (Å²) in [7, 11) is 0. The minimum absolute atomic E-state index is 0.426. The summed E-state index contributed by atoms with van der Waals surface area (Å²) < 4.78 is 5.94.